The summed E-state index contributed by atoms with van der Waals surface area (Å²) in [6.45, 7) is 0. The molecule has 0 aliphatic rings. The summed E-state index contributed by atoms with van der Waals surface area (Å²) in [7, 11) is 3.35. The van der Waals surface area contributed by atoms with Gasteiger partial charge in [-0.15, -0.1) is 10.2 Å². The van der Waals surface area contributed by atoms with Crippen molar-refractivity contribution in [2.24, 2.45) is 7.05 Å². The zero-order chi connectivity index (χ0) is 18.7. The molecule has 1 aromatic heterocycles. The third kappa shape index (κ3) is 3.22. The number of benzene rings is 2. The summed E-state index contributed by atoms with van der Waals surface area (Å²) in [5.74, 6) is 1.24. The van der Waals surface area contributed by atoms with Crippen molar-refractivity contribution in [2.45, 2.75) is 10.1 Å². The molecule has 0 aliphatic heterocycles. The summed E-state index contributed by atoms with van der Waals surface area (Å²) in [4.78, 5) is 11.2. The van der Waals surface area contributed by atoms with Crippen LogP contribution in [-0.2, 0) is 7.05 Å². The molecule has 0 fully saturated rings. The van der Waals surface area contributed by atoms with E-state index in [9.17, 15) is 10.1 Å². The van der Waals surface area contributed by atoms with E-state index in [0.29, 0.717) is 21.6 Å². The van der Waals surface area contributed by atoms with Crippen molar-refractivity contribution in [1.82, 2.24) is 14.8 Å². The lowest BCUT2D eigenvalue weighted by Crippen LogP contribution is -1.97. The topological polar surface area (TPSA) is 107 Å². The van der Waals surface area contributed by atoms with E-state index in [0.717, 1.165) is 17.3 Å². The first-order valence-electron chi connectivity index (χ1n) is 7.44. The Morgan fingerprint density at radius 1 is 1.27 bits per heavy atom. The number of rotatable bonds is 5. The Morgan fingerprint density at radius 2 is 2.04 bits per heavy atom. The fourth-order valence-corrected chi connectivity index (χ4v) is 3.26. The average molecular weight is 367 g/mol. The molecule has 8 nitrogen and oxygen atoms in total. The van der Waals surface area contributed by atoms with Crippen LogP contribution in [0.1, 0.15) is 5.56 Å². The lowest BCUT2D eigenvalue weighted by Gasteiger charge is -2.08. The maximum absolute atomic E-state index is 11.3. The minimum Gasteiger partial charge on any atom is -0.496 e. The van der Waals surface area contributed by atoms with Gasteiger partial charge in [-0.2, -0.15) is 5.26 Å². The van der Waals surface area contributed by atoms with Crippen LogP contribution < -0.4 is 4.74 Å². The molecule has 0 aliphatic carbocycles. The number of nitro benzene ring substituents is 1. The Morgan fingerprint density at radius 3 is 2.73 bits per heavy atom. The van der Waals surface area contributed by atoms with Gasteiger partial charge in [0.05, 0.1) is 34.1 Å². The van der Waals surface area contributed by atoms with E-state index < -0.39 is 4.92 Å². The van der Waals surface area contributed by atoms with Gasteiger partial charge in [0, 0.05) is 13.1 Å². The maximum atomic E-state index is 11.3. The molecule has 9 heteroatoms. The number of aromatic nitrogens is 3. The molecule has 0 saturated carbocycles. The fraction of sp³-hybridized carbons (Fsp3) is 0.118. The van der Waals surface area contributed by atoms with E-state index in [1.54, 1.807) is 24.8 Å². The normalized spacial score (nSPS) is 10.3. The first kappa shape index (κ1) is 17.4. The maximum Gasteiger partial charge on any atom is 0.284 e. The monoisotopic (exact) mass is 367 g/mol. The molecular formula is C17H13N5O3S. The first-order chi connectivity index (χ1) is 12.5. The van der Waals surface area contributed by atoms with Crippen LogP contribution in [0.3, 0.4) is 0 Å². The van der Waals surface area contributed by atoms with Gasteiger partial charge in [-0.1, -0.05) is 12.1 Å². The van der Waals surface area contributed by atoms with Crippen molar-refractivity contribution in [3.63, 3.8) is 0 Å². The van der Waals surface area contributed by atoms with Crippen LogP contribution in [0.25, 0.3) is 11.4 Å². The molecule has 0 N–H and O–H groups in total. The molecule has 0 saturated heterocycles. The molecule has 3 aromatic rings. The standard InChI is InChI=1S/C17H13N5O3S/c1-21-16(12-5-3-4-6-14(12)25-2)19-20-17(21)26-15-8-7-11(10-18)9-13(15)22(23)24/h3-9H,1-2H3. The Hall–Kier alpha value is -3.38. The molecule has 0 bridgehead atoms. The smallest absolute Gasteiger partial charge is 0.284 e. The van der Waals surface area contributed by atoms with E-state index in [-0.39, 0.29) is 11.3 Å². The quantitative estimate of drug-likeness (QED) is 0.502. The second-order valence-corrected chi connectivity index (χ2v) is 6.23. The number of methoxy groups -OCH3 is 1. The number of nitriles is 1. The van der Waals surface area contributed by atoms with Gasteiger partial charge < -0.3 is 9.30 Å². The van der Waals surface area contributed by atoms with Gasteiger partial charge in [0.25, 0.3) is 5.69 Å². The molecule has 0 amide bonds. The highest BCUT2D eigenvalue weighted by Gasteiger charge is 2.20. The van der Waals surface area contributed by atoms with Crippen LogP contribution in [0.2, 0.25) is 0 Å². The van der Waals surface area contributed by atoms with Crippen molar-refractivity contribution in [1.29, 1.82) is 5.26 Å². The SMILES string of the molecule is COc1ccccc1-c1nnc(Sc2ccc(C#N)cc2[N+](=O)[O-])n1C. The molecule has 0 unspecified atom stereocenters. The van der Waals surface area contributed by atoms with Crippen molar-refractivity contribution >= 4 is 17.4 Å². The molecule has 0 radical (unpaired) electrons. The molecule has 3 rings (SSSR count). The number of nitro groups is 1. The zero-order valence-electron chi connectivity index (χ0n) is 13.9. The highest BCUT2D eigenvalue weighted by Crippen LogP contribution is 2.36. The highest BCUT2D eigenvalue weighted by atomic mass is 32.2. The van der Waals surface area contributed by atoms with Gasteiger partial charge in [0.2, 0.25) is 0 Å². The van der Waals surface area contributed by atoms with Gasteiger partial charge in [0.1, 0.15) is 5.75 Å². The third-order valence-electron chi connectivity index (χ3n) is 3.67. The lowest BCUT2D eigenvalue weighted by molar-refractivity contribution is -0.387. The summed E-state index contributed by atoms with van der Waals surface area (Å²) in [5.41, 5.74) is 0.857. The Bertz CT molecular complexity index is 1030. The summed E-state index contributed by atoms with van der Waals surface area (Å²) >= 11 is 1.11. The Balaban J connectivity index is 2.00. The van der Waals surface area contributed by atoms with Gasteiger partial charge in [-0.3, -0.25) is 10.1 Å². The van der Waals surface area contributed by atoms with Crippen LogP contribution in [-0.4, -0.2) is 26.8 Å². The average Bonchev–Trinajstić information content (AvgIpc) is 3.02. The minimum absolute atomic E-state index is 0.143. The molecule has 0 spiro atoms. The summed E-state index contributed by atoms with van der Waals surface area (Å²) in [5, 5.41) is 29.0. The van der Waals surface area contributed by atoms with E-state index in [1.165, 1.54) is 12.1 Å². The van der Waals surface area contributed by atoms with Gasteiger partial charge in [-0.25, -0.2) is 0 Å². The molecular weight excluding hydrogens is 354 g/mol. The first-order valence-corrected chi connectivity index (χ1v) is 8.26. The van der Waals surface area contributed by atoms with Crippen molar-refractivity contribution in [3.8, 4) is 23.2 Å². The summed E-state index contributed by atoms with van der Waals surface area (Å²) in [6, 6.07) is 13.6. The number of hydrogen-bond donors (Lipinski definition) is 0. The molecule has 26 heavy (non-hydrogen) atoms. The molecule has 130 valence electrons. The highest BCUT2D eigenvalue weighted by molar-refractivity contribution is 7.99. The van der Waals surface area contributed by atoms with Crippen LogP contribution >= 0.6 is 11.8 Å². The number of ether oxygens (including phenoxy) is 1. The second kappa shape index (κ2) is 7.25. The minimum atomic E-state index is -0.513. The zero-order valence-corrected chi connectivity index (χ0v) is 14.7. The largest absolute Gasteiger partial charge is 0.496 e. The number of nitrogens with zero attached hydrogens (tertiary/aromatic N) is 5. The Kier molecular flexibility index (Phi) is 4.86. The fourth-order valence-electron chi connectivity index (χ4n) is 2.38. The molecule has 1 heterocycles. The number of para-hydroxylation sites is 1. The predicted molar refractivity (Wildman–Crippen MR) is 94.9 cm³/mol. The predicted octanol–water partition coefficient (Wildman–Crippen LogP) is 3.42. The van der Waals surface area contributed by atoms with Crippen LogP contribution in [0, 0.1) is 21.4 Å². The molecule has 0 atom stereocenters. The van der Waals surface area contributed by atoms with Crippen LogP contribution in [0.4, 0.5) is 5.69 Å². The number of hydrogen-bond acceptors (Lipinski definition) is 7. The van der Waals surface area contributed by atoms with Crippen LogP contribution in [0.15, 0.2) is 52.5 Å². The van der Waals surface area contributed by atoms with E-state index >= 15 is 0 Å². The van der Waals surface area contributed by atoms with E-state index in [4.69, 9.17) is 10.00 Å². The van der Waals surface area contributed by atoms with Gasteiger partial charge >= 0.3 is 0 Å². The van der Waals surface area contributed by atoms with Gasteiger partial charge in [0.15, 0.2) is 11.0 Å². The third-order valence-corrected chi connectivity index (χ3v) is 4.77. The van der Waals surface area contributed by atoms with E-state index in [2.05, 4.69) is 10.2 Å². The molecule has 2 aromatic carbocycles. The van der Waals surface area contributed by atoms with E-state index in [1.807, 2.05) is 30.3 Å². The summed E-state index contributed by atoms with van der Waals surface area (Å²) in [6.07, 6.45) is 0. The van der Waals surface area contributed by atoms with Crippen molar-refractivity contribution < 1.29 is 9.66 Å². The van der Waals surface area contributed by atoms with Crippen LogP contribution in [0.5, 0.6) is 5.75 Å². The summed E-state index contributed by atoms with van der Waals surface area (Å²) < 4.78 is 7.09. The second-order valence-electron chi connectivity index (χ2n) is 5.22. The van der Waals surface area contributed by atoms with Gasteiger partial charge in [-0.05, 0) is 36.0 Å². The van der Waals surface area contributed by atoms with Crippen molar-refractivity contribution in [3.05, 3.63) is 58.1 Å². The van der Waals surface area contributed by atoms with Crippen molar-refractivity contribution in [2.75, 3.05) is 7.11 Å². The lowest BCUT2D eigenvalue weighted by atomic mass is 10.2. The Labute approximate surface area is 153 Å².